The first-order chi connectivity index (χ1) is 20.4. The normalized spacial score (nSPS) is 11.4. The van der Waals surface area contributed by atoms with E-state index in [4.69, 9.17) is 0 Å². The van der Waals surface area contributed by atoms with Gasteiger partial charge in [0.2, 0.25) is 0 Å². The van der Waals surface area contributed by atoms with Gasteiger partial charge in [0, 0.05) is 18.6 Å². The second-order valence-corrected chi connectivity index (χ2v) is 14.2. The Kier molecular flexibility index (Phi) is 7.31. The second kappa shape index (κ2) is 11.7. The molecule has 0 amide bonds. The Morgan fingerprint density at radius 2 is 0.780 bits per heavy atom. The van der Waals surface area contributed by atoms with Crippen LogP contribution in [0.15, 0.2) is 176 Å². The molecule has 1 nitrogen and oxygen atoms in total. The number of nitrogens with zero attached hydrogens (tertiary/aromatic N) is 1. The van der Waals surface area contributed by atoms with Crippen molar-refractivity contribution in [2.75, 3.05) is 0 Å². The summed E-state index contributed by atoms with van der Waals surface area (Å²) in [7, 11) is -1.59. The Hall–Kier alpha value is -4.28. The van der Waals surface area contributed by atoms with Gasteiger partial charge in [-0.2, -0.15) is 0 Å². The molecule has 3 heteroatoms. The first-order valence-electron chi connectivity index (χ1n) is 13.9. The van der Waals surface area contributed by atoms with Crippen molar-refractivity contribution in [3.8, 4) is 5.69 Å². The maximum atomic E-state index is 2.55. The topological polar surface area (TPSA) is 4.93 Å². The van der Waals surface area contributed by atoms with Gasteiger partial charge in [-0.25, -0.2) is 0 Å². The molecule has 196 valence electrons. The van der Waals surface area contributed by atoms with Gasteiger partial charge in [0.1, 0.15) is 0 Å². The van der Waals surface area contributed by atoms with E-state index in [1.54, 1.807) is 0 Å². The molecule has 0 aliphatic heterocycles. The van der Waals surface area contributed by atoms with E-state index in [2.05, 4.69) is 180 Å². The predicted octanol–water partition coefficient (Wildman–Crippen LogP) is 7.15. The number of hydrogen-bond acceptors (Lipinski definition) is 0. The molecule has 0 aliphatic rings. The molecule has 0 spiro atoms. The Bertz CT molecular complexity index is 1800. The minimum absolute atomic E-state index is 0.781. The van der Waals surface area contributed by atoms with Crippen LogP contribution in [-0.2, 0) is 0 Å². The maximum Gasteiger partial charge on any atom is 0.0562 e. The van der Waals surface area contributed by atoms with E-state index >= 15 is 0 Å². The van der Waals surface area contributed by atoms with Gasteiger partial charge in [0.25, 0.3) is 0 Å². The molecule has 0 N–H and O–H groups in total. The monoisotopic (exact) mass is 561 g/mol. The van der Waals surface area contributed by atoms with Gasteiger partial charge in [0.15, 0.2) is 0 Å². The molecule has 7 aromatic rings. The van der Waals surface area contributed by atoms with Gasteiger partial charge in [-0.3, -0.25) is 0 Å². The Labute approximate surface area is 244 Å². The van der Waals surface area contributed by atoms with E-state index < -0.39 is 15.8 Å². The third-order valence-corrected chi connectivity index (χ3v) is 12.2. The average molecular weight is 562 g/mol. The fourth-order valence-corrected chi connectivity index (χ4v) is 10.4. The van der Waals surface area contributed by atoms with Crippen LogP contribution in [0.5, 0.6) is 0 Å². The summed E-state index contributed by atoms with van der Waals surface area (Å²) in [6.45, 7) is 0. The van der Waals surface area contributed by atoms with Crippen LogP contribution in [0.3, 0.4) is 0 Å². The van der Waals surface area contributed by atoms with Crippen molar-refractivity contribution in [3.63, 3.8) is 0 Å². The molecule has 0 fully saturated rings. The zero-order chi connectivity index (χ0) is 27.4. The first-order valence-corrected chi connectivity index (χ1v) is 16.6. The number of aromatic nitrogens is 1. The van der Waals surface area contributed by atoms with Gasteiger partial charge in [-0.1, -0.05) is 158 Å². The first kappa shape index (κ1) is 25.7. The predicted molar refractivity (Wildman–Crippen MR) is 181 cm³/mol. The summed E-state index contributed by atoms with van der Waals surface area (Å²) < 4.78 is 2.55. The smallest absolute Gasteiger partial charge is 0.0562 e. The Balaban J connectivity index is 1.53. The highest BCUT2D eigenvalue weighted by molar-refractivity contribution is 7.80. The van der Waals surface area contributed by atoms with Crippen LogP contribution in [0.25, 0.3) is 16.6 Å². The third kappa shape index (κ3) is 5.05. The van der Waals surface area contributed by atoms with Crippen LogP contribution in [-0.4, -0.2) is 4.57 Å². The lowest BCUT2D eigenvalue weighted by atomic mass is 10.2. The molecule has 1 heterocycles. The lowest BCUT2D eigenvalue weighted by molar-refractivity contribution is 1.18. The van der Waals surface area contributed by atoms with Crippen LogP contribution in [0.2, 0.25) is 0 Å². The lowest BCUT2D eigenvalue weighted by Crippen LogP contribution is -2.29. The van der Waals surface area contributed by atoms with Gasteiger partial charge in [-0.15, -0.1) is 0 Å². The number of rotatable bonds is 7. The van der Waals surface area contributed by atoms with Crippen LogP contribution in [0, 0.1) is 0 Å². The molecular weight excluding hydrogens is 532 g/mol. The van der Waals surface area contributed by atoms with Crippen LogP contribution >= 0.6 is 15.8 Å². The molecule has 6 aromatic carbocycles. The summed E-state index contributed by atoms with van der Waals surface area (Å²) in [6.07, 6.45) is 0. The summed E-state index contributed by atoms with van der Waals surface area (Å²) in [5.41, 5.74) is 3.83. The van der Waals surface area contributed by atoms with Crippen LogP contribution < -0.4 is 32.0 Å². The van der Waals surface area contributed by atoms with Crippen LogP contribution in [0.4, 0.5) is 0 Å². The van der Waals surface area contributed by atoms with Gasteiger partial charge in [0.05, 0.1) is 16.6 Å². The molecule has 0 saturated heterocycles. The van der Waals surface area contributed by atoms with Gasteiger partial charge < -0.3 is 4.57 Å². The molecule has 0 unspecified atom stereocenters. The molecule has 0 atom stereocenters. The standard InChI is InChI=1S/C38H29NP2/c1-5-18-31(19-6-1)40(32-20-7-2-8-21-32)37-28-16-15-27-36(37)39-35-26-14-13-17-30(35)29-38(39)41(33-22-9-3-10-23-33)34-24-11-4-12-25-34/h1-29H. The Morgan fingerprint density at radius 3 is 1.32 bits per heavy atom. The van der Waals surface area contributed by atoms with Crippen molar-refractivity contribution >= 4 is 58.7 Å². The maximum absolute atomic E-state index is 2.55. The van der Waals surface area contributed by atoms with Crippen molar-refractivity contribution in [2.45, 2.75) is 0 Å². The quantitative estimate of drug-likeness (QED) is 0.182. The zero-order valence-electron chi connectivity index (χ0n) is 22.6. The van der Waals surface area contributed by atoms with E-state index in [1.165, 1.54) is 48.5 Å². The second-order valence-electron chi connectivity index (χ2n) is 9.90. The molecule has 0 saturated carbocycles. The minimum Gasteiger partial charge on any atom is -0.308 e. The van der Waals surface area contributed by atoms with E-state index in [0.29, 0.717) is 0 Å². The van der Waals surface area contributed by atoms with E-state index in [9.17, 15) is 0 Å². The highest BCUT2D eigenvalue weighted by Gasteiger charge is 2.26. The minimum atomic E-state index is -0.807. The number of benzene rings is 6. The molecule has 0 bridgehead atoms. The fraction of sp³-hybridized carbons (Fsp3) is 0. The summed E-state index contributed by atoms with van der Waals surface area (Å²) in [6, 6.07) is 64.3. The number of para-hydroxylation sites is 2. The highest BCUT2D eigenvalue weighted by Crippen LogP contribution is 2.39. The van der Waals surface area contributed by atoms with Crippen molar-refractivity contribution in [2.24, 2.45) is 0 Å². The largest absolute Gasteiger partial charge is 0.308 e. The van der Waals surface area contributed by atoms with Crippen molar-refractivity contribution < 1.29 is 0 Å². The summed E-state index contributed by atoms with van der Waals surface area (Å²) in [5.74, 6) is 0. The molecule has 0 aliphatic carbocycles. The van der Waals surface area contributed by atoms with Crippen molar-refractivity contribution in [1.29, 1.82) is 0 Å². The number of fused-ring (bicyclic) bond motifs is 1. The van der Waals surface area contributed by atoms with Crippen molar-refractivity contribution in [1.82, 2.24) is 4.57 Å². The highest BCUT2D eigenvalue weighted by atomic mass is 31.1. The average Bonchev–Trinajstić information content (AvgIpc) is 3.42. The summed E-state index contributed by atoms with van der Waals surface area (Å²) >= 11 is 0. The molecule has 0 radical (unpaired) electrons. The molecule has 41 heavy (non-hydrogen) atoms. The van der Waals surface area contributed by atoms with Crippen molar-refractivity contribution in [3.05, 3.63) is 176 Å². The zero-order valence-corrected chi connectivity index (χ0v) is 24.4. The van der Waals surface area contributed by atoms with Crippen LogP contribution in [0.1, 0.15) is 0 Å². The molecule has 7 rings (SSSR count). The van der Waals surface area contributed by atoms with E-state index in [-0.39, 0.29) is 0 Å². The Morgan fingerprint density at radius 1 is 0.366 bits per heavy atom. The number of hydrogen-bond donors (Lipinski definition) is 0. The van der Waals surface area contributed by atoms with Gasteiger partial charge in [-0.05, 0) is 47.3 Å². The lowest BCUT2D eigenvalue weighted by Gasteiger charge is -2.26. The molecular formula is C38H29NP2. The summed E-state index contributed by atoms with van der Waals surface area (Å²) in [5, 5.41) is 8.03. The summed E-state index contributed by atoms with van der Waals surface area (Å²) in [4.78, 5) is 0. The fourth-order valence-electron chi connectivity index (χ4n) is 5.55. The molecule has 1 aromatic heterocycles. The van der Waals surface area contributed by atoms with Gasteiger partial charge >= 0.3 is 0 Å². The van der Waals surface area contributed by atoms with E-state index in [1.807, 2.05) is 0 Å². The third-order valence-electron chi connectivity index (χ3n) is 7.34. The van der Waals surface area contributed by atoms with E-state index in [0.717, 1.165) is 0 Å². The SMILES string of the molecule is c1ccc(P(c2ccccc2)c2ccccc2-n2c(P(c3ccccc3)c3ccccc3)cc3ccccc32)cc1.